The summed E-state index contributed by atoms with van der Waals surface area (Å²) in [6, 6.07) is 3.59. The van der Waals surface area contributed by atoms with Crippen LogP contribution in [0.3, 0.4) is 0 Å². The average Bonchev–Trinajstić information content (AvgIpc) is 3.25. The summed E-state index contributed by atoms with van der Waals surface area (Å²) >= 11 is 0. The molecule has 35 heavy (non-hydrogen) atoms. The number of alkyl halides is 1. The van der Waals surface area contributed by atoms with Crippen molar-refractivity contribution in [2.45, 2.75) is 58.7 Å². The van der Waals surface area contributed by atoms with Gasteiger partial charge in [0.05, 0.1) is 5.56 Å². The summed E-state index contributed by atoms with van der Waals surface area (Å²) in [7, 11) is 0. The second-order valence-electron chi connectivity index (χ2n) is 9.95. The Kier molecular flexibility index (Phi) is 6.48. The van der Waals surface area contributed by atoms with Crippen LogP contribution in [0.15, 0.2) is 16.7 Å². The lowest BCUT2D eigenvalue weighted by Gasteiger charge is -2.44. The number of rotatable bonds is 5. The standard InChI is InChI=1S/C26H33F2N5O2/c1-5-19-12-20-17(3)22(25-29-18(4)31-35-25)24(30-23(20)21(27)13-19)33-9-8-32(14-16(33)2)15-26(28)6-10-34-11-7-26/h12-13,16H,5-11,14-15H2,1-4H3/t16-/m1/s1. The highest BCUT2D eigenvalue weighted by atomic mass is 19.1. The fourth-order valence-corrected chi connectivity index (χ4v) is 5.37. The van der Waals surface area contributed by atoms with Crippen molar-refractivity contribution in [1.29, 1.82) is 0 Å². The van der Waals surface area contributed by atoms with E-state index in [1.165, 1.54) is 0 Å². The minimum absolute atomic E-state index is 0.0392. The molecule has 2 fully saturated rings. The Morgan fingerprint density at radius 1 is 1.14 bits per heavy atom. The molecule has 3 aromatic rings. The van der Waals surface area contributed by atoms with Crippen LogP contribution in [0.25, 0.3) is 22.4 Å². The molecule has 0 N–H and O–H groups in total. The third kappa shape index (κ3) is 4.63. The number of ether oxygens (including phenoxy) is 1. The van der Waals surface area contributed by atoms with Gasteiger partial charge in [-0.15, -0.1) is 0 Å². The number of aryl methyl sites for hydroxylation is 3. The Morgan fingerprint density at radius 3 is 2.57 bits per heavy atom. The molecule has 1 aromatic carbocycles. The highest BCUT2D eigenvalue weighted by molar-refractivity contribution is 5.93. The van der Waals surface area contributed by atoms with E-state index in [-0.39, 0.29) is 11.9 Å². The number of piperazine rings is 1. The summed E-state index contributed by atoms with van der Waals surface area (Å²) in [6.45, 7) is 11.2. The van der Waals surface area contributed by atoms with Crippen LogP contribution in [0, 0.1) is 19.7 Å². The first kappa shape index (κ1) is 24.1. The summed E-state index contributed by atoms with van der Waals surface area (Å²) < 4.78 is 41.4. The van der Waals surface area contributed by atoms with Gasteiger partial charge in [0.25, 0.3) is 5.89 Å². The van der Waals surface area contributed by atoms with Crippen molar-refractivity contribution in [2.24, 2.45) is 0 Å². The molecule has 0 spiro atoms. The maximum absolute atomic E-state index is 15.3. The molecule has 0 unspecified atom stereocenters. The lowest BCUT2D eigenvalue weighted by atomic mass is 9.95. The number of pyridine rings is 1. The number of benzene rings is 1. The molecule has 0 amide bonds. The van der Waals surface area contributed by atoms with Gasteiger partial charge in [0.2, 0.25) is 0 Å². The van der Waals surface area contributed by atoms with Gasteiger partial charge < -0.3 is 14.2 Å². The molecule has 9 heteroatoms. The van der Waals surface area contributed by atoms with Crippen molar-refractivity contribution in [3.8, 4) is 11.5 Å². The largest absolute Gasteiger partial charge is 0.381 e. The SMILES string of the molecule is CCc1cc(F)c2nc(N3CCN(CC4(F)CCOCC4)C[C@H]3C)c(-c3nc(C)no3)c(C)c2c1. The van der Waals surface area contributed by atoms with Crippen LogP contribution in [-0.4, -0.2) is 71.1 Å². The van der Waals surface area contributed by atoms with E-state index in [1.54, 1.807) is 13.0 Å². The summed E-state index contributed by atoms with van der Waals surface area (Å²) in [5.74, 6) is 1.21. The van der Waals surface area contributed by atoms with Crippen LogP contribution in [0.4, 0.5) is 14.6 Å². The van der Waals surface area contributed by atoms with Gasteiger partial charge in [-0.25, -0.2) is 13.8 Å². The number of hydrogen-bond acceptors (Lipinski definition) is 7. The number of nitrogens with zero attached hydrogens (tertiary/aromatic N) is 5. The zero-order chi connectivity index (χ0) is 24.7. The van der Waals surface area contributed by atoms with Crippen molar-refractivity contribution in [1.82, 2.24) is 20.0 Å². The number of halogens is 2. The molecule has 0 radical (unpaired) electrons. The molecule has 2 aliphatic rings. The molecule has 5 rings (SSSR count). The van der Waals surface area contributed by atoms with E-state index >= 15 is 8.78 Å². The number of hydrogen-bond donors (Lipinski definition) is 0. The predicted octanol–water partition coefficient (Wildman–Crippen LogP) is 4.63. The van der Waals surface area contributed by atoms with Gasteiger partial charge >= 0.3 is 0 Å². The predicted molar refractivity (Wildman–Crippen MR) is 131 cm³/mol. The number of anilines is 1. The van der Waals surface area contributed by atoms with Gasteiger partial charge in [-0.05, 0) is 50.5 Å². The molecular formula is C26H33F2N5O2. The Balaban J connectivity index is 1.52. The summed E-state index contributed by atoms with van der Waals surface area (Å²) in [5, 5.41) is 4.74. The van der Waals surface area contributed by atoms with Crippen LogP contribution in [-0.2, 0) is 11.2 Å². The maximum Gasteiger partial charge on any atom is 0.261 e. The molecular weight excluding hydrogens is 452 g/mol. The minimum atomic E-state index is -1.20. The number of fused-ring (bicyclic) bond motifs is 1. The fourth-order valence-electron chi connectivity index (χ4n) is 5.37. The van der Waals surface area contributed by atoms with E-state index in [2.05, 4.69) is 26.9 Å². The van der Waals surface area contributed by atoms with E-state index < -0.39 is 5.67 Å². The second kappa shape index (κ2) is 9.43. The van der Waals surface area contributed by atoms with Crippen LogP contribution < -0.4 is 4.90 Å². The lowest BCUT2D eigenvalue weighted by molar-refractivity contribution is -0.0291. The average molecular weight is 486 g/mol. The Morgan fingerprint density at radius 2 is 1.91 bits per heavy atom. The molecule has 2 aromatic heterocycles. The van der Waals surface area contributed by atoms with E-state index in [0.29, 0.717) is 75.3 Å². The third-order valence-corrected chi connectivity index (χ3v) is 7.37. The first-order valence-electron chi connectivity index (χ1n) is 12.5. The van der Waals surface area contributed by atoms with Crippen LogP contribution in [0.5, 0.6) is 0 Å². The topological polar surface area (TPSA) is 67.5 Å². The third-order valence-electron chi connectivity index (χ3n) is 7.37. The quantitative estimate of drug-likeness (QED) is 0.522. The van der Waals surface area contributed by atoms with Crippen molar-refractivity contribution in [3.05, 3.63) is 34.9 Å². The molecule has 2 saturated heterocycles. The first-order valence-corrected chi connectivity index (χ1v) is 12.5. The zero-order valence-electron chi connectivity index (χ0n) is 20.9. The summed E-state index contributed by atoms with van der Waals surface area (Å²) in [6.07, 6.45) is 1.60. The normalized spacial score (nSPS) is 21.1. The lowest BCUT2D eigenvalue weighted by Crippen LogP contribution is -2.56. The van der Waals surface area contributed by atoms with Gasteiger partial charge in [-0.2, -0.15) is 4.98 Å². The van der Waals surface area contributed by atoms with E-state index in [1.807, 2.05) is 19.9 Å². The van der Waals surface area contributed by atoms with Crippen LogP contribution in [0.1, 0.15) is 43.6 Å². The molecule has 7 nitrogen and oxygen atoms in total. The maximum atomic E-state index is 15.3. The Hall–Kier alpha value is -2.65. The zero-order valence-corrected chi connectivity index (χ0v) is 20.9. The Bertz CT molecular complexity index is 1220. The number of aromatic nitrogens is 3. The molecule has 2 aliphatic heterocycles. The van der Waals surface area contributed by atoms with Crippen LogP contribution >= 0.6 is 0 Å². The van der Waals surface area contributed by atoms with Crippen molar-refractivity contribution < 1.29 is 18.0 Å². The minimum Gasteiger partial charge on any atom is -0.381 e. The molecule has 0 aliphatic carbocycles. The van der Waals surface area contributed by atoms with Gasteiger partial charge in [-0.3, -0.25) is 4.90 Å². The van der Waals surface area contributed by atoms with Crippen molar-refractivity contribution >= 4 is 16.7 Å². The van der Waals surface area contributed by atoms with Crippen LogP contribution in [0.2, 0.25) is 0 Å². The van der Waals surface area contributed by atoms with E-state index in [9.17, 15) is 0 Å². The molecule has 1 atom stereocenters. The fraction of sp³-hybridized carbons (Fsp3) is 0.577. The molecule has 0 saturated carbocycles. The van der Waals surface area contributed by atoms with E-state index in [0.717, 1.165) is 28.5 Å². The second-order valence-corrected chi connectivity index (χ2v) is 9.95. The first-order chi connectivity index (χ1) is 16.8. The molecule has 188 valence electrons. The molecule has 0 bridgehead atoms. The molecule has 4 heterocycles. The summed E-state index contributed by atoms with van der Waals surface area (Å²) in [5.41, 5.74) is 1.65. The van der Waals surface area contributed by atoms with Gasteiger partial charge in [0.15, 0.2) is 5.82 Å². The van der Waals surface area contributed by atoms with Gasteiger partial charge in [0.1, 0.15) is 22.8 Å². The Labute approximate surface area is 204 Å². The van der Waals surface area contributed by atoms with Gasteiger partial charge in [-0.1, -0.05) is 12.1 Å². The van der Waals surface area contributed by atoms with Crippen molar-refractivity contribution in [2.75, 3.05) is 44.3 Å². The highest BCUT2D eigenvalue weighted by Crippen LogP contribution is 2.38. The van der Waals surface area contributed by atoms with Crippen molar-refractivity contribution in [3.63, 3.8) is 0 Å². The van der Waals surface area contributed by atoms with E-state index in [4.69, 9.17) is 14.2 Å². The highest BCUT2D eigenvalue weighted by Gasteiger charge is 2.37. The summed E-state index contributed by atoms with van der Waals surface area (Å²) in [4.78, 5) is 13.7. The smallest absolute Gasteiger partial charge is 0.261 e. The van der Waals surface area contributed by atoms with Gasteiger partial charge in [0, 0.05) is 63.7 Å². The monoisotopic (exact) mass is 485 g/mol.